The Balaban J connectivity index is 3.23. The number of rotatable bonds is 1. The van der Waals surface area contributed by atoms with E-state index in [1.807, 2.05) is 32.0 Å². The van der Waals surface area contributed by atoms with Crippen molar-refractivity contribution in [1.82, 2.24) is 0 Å². The standard InChI is InChI=1S/C9H13ClN2/c1-6-4-9(12(2)3)7(10)5-8(6)11/h4-5H,11H2,1-3H3. The molecule has 0 fully saturated rings. The molecule has 0 amide bonds. The summed E-state index contributed by atoms with van der Waals surface area (Å²) < 4.78 is 0. The number of hydrogen-bond donors (Lipinski definition) is 1. The molecule has 0 saturated heterocycles. The van der Waals surface area contributed by atoms with Crippen LogP contribution in [-0.4, -0.2) is 14.1 Å². The van der Waals surface area contributed by atoms with Crippen LogP contribution >= 0.6 is 11.6 Å². The van der Waals surface area contributed by atoms with Gasteiger partial charge in [0, 0.05) is 19.8 Å². The van der Waals surface area contributed by atoms with Gasteiger partial charge in [-0.15, -0.1) is 0 Å². The van der Waals surface area contributed by atoms with Crippen molar-refractivity contribution in [3.63, 3.8) is 0 Å². The molecule has 0 heterocycles. The first-order chi connectivity index (χ1) is 5.52. The van der Waals surface area contributed by atoms with E-state index in [9.17, 15) is 0 Å². The average Bonchev–Trinajstić information content (AvgIpc) is 1.96. The minimum absolute atomic E-state index is 0.697. The zero-order chi connectivity index (χ0) is 9.30. The van der Waals surface area contributed by atoms with E-state index in [4.69, 9.17) is 17.3 Å². The number of nitrogen functional groups attached to an aromatic ring is 1. The van der Waals surface area contributed by atoms with Crippen LogP contribution in [0.15, 0.2) is 12.1 Å². The number of benzene rings is 1. The molecular formula is C9H13ClN2. The van der Waals surface area contributed by atoms with Gasteiger partial charge in [-0.1, -0.05) is 11.6 Å². The van der Waals surface area contributed by atoms with Crippen molar-refractivity contribution in [2.24, 2.45) is 0 Å². The third kappa shape index (κ3) is 1.64. The molecule has 0 saturated carbocycles. The number of halogens is 1. The maximum Gasteiger partial charge on any atom is 0.0660 e. The highest BCUT2D eigenvalue weighted by Crippen LogP contribution is 2.28. The van der Waals surface area contributed by atoms with Crippen molar-refractivity contribution in [2.45, 2.75) is 6.92 Å². The summed E-state index contributed by atoms with van der Waals surface area (Å²) >= 11 is 5.97. The lowest BCUT2D eigenvalue weighted by Gasteiger charge is -2.15. The van der Waals surface area contributed by atoms with Gasteiger partial charge in [0.1, 0.15) is 0 Å². The van der Waals surface area contributed by atoms with E-state index in [0.29, 0.717) is 5.02 Å². The fraction of sp³-hybridized carbons (Fsp3) is 0.333. The Morgan fingerprint density at radius 1 is 1.33 bits per heavy atom. The Bertz CT molecular complexity index is 295. The van der Waals surface area contributed by atoms with Crippen LogP contribution in [0.1, 0.15) is 5.56 Å². The number of anilines is 2. The number of hydrogen-bond acceptors (Lipinski definition) is 2. The van der Waals surface area contributed by atoms with Crippen LogP contribution in [-0.2, 0) is 0 Å². The van der Waals surface area contributed by atoms with E-state index in [0.717, 1.165) is 16.9 Å². The third-order valence-electron chi connectivity index (χ3n) is 1.82. The zero-order valence-corrected chi connectivity index (χ0v) is 8.31. The van der Waals surface area contributed by atoms with Gasteiger partial charge >= 0.3 is 0 Å². The van der Waals surface area contributed by atoms with Gasteiger partial charge in [0.2, 0.25) is 0 Å². The molecule has 0 spiro atoms. The number of aryl methyl sites for hydroxylation is 1. The fourth-order valence-corrected chi connectivity index (χ4v) is 1.37. The lowest BCUT2D eigenvalue weighted by atomic mass is 10.2. The molecule has 1 aromatic rings. The zero-order valence-electron chi connectivity index (χ0n) is 7.56. The largest absolute Gasteiger partial charge is 0.398 e. The highest BCUT2D eigenvalue weighted by Gasteiger charge is 2.04. The molecule has 0 aliphatic carbocycles. The minimum Gasteiger partial charge on any atom is -0.398 e. The second-order valence-corrected chi connectivity index (χ2v) is 3.46. The molecular weight excluding hydrogens is 172 g/mol. The second kappa shape index (κ2) is 3.23. The van der Waals surface area contributed by atoms with Gasteiger partial charge in [0.05, 0.1) is 10.7 Å². The molecule has 0 aliphatic heterocycles. The first-order valence-corrected chi connectivity index (χ1v) is 4.13. The van der Waals surface area contributed by atoms with Crippen molar-refractivity contribution >= 4 is 23.0 Å². The molecule has 0 bridgehead atoms. The average molecular weight is 185 g/mol. The smallest absolute Gasteiger partial charge is 0.0660 e. The summed E-state index contributed by atoms with van der Waals surface area (Å²) in [6.07, 6.45) is 0. The molecule has 2 nitrogen and oxygen atoms in total. The van der Waals surface area contributed by atoms with E-state index < -0.39 is 0 Å². The van der Waals surface area contributed by atoms with E-state index in [-0.39, 0.29) is 0 Å². The topological polar surface area (TPSA) is 29.3 Å². The lowest BCUT2D eigenvalue weighted by molar-refractivity contribution is 1.13. The van der Waals surface area contributed by atoms with Gasteiger partial charge in [-0.05, 0) is 24.6 Å². The Hall–Kier alpha value is -0.890. The van der Waals surface area contributed by atoms with E-state index in [1.54, 1.807) is 6.07 Å². The predicted molar refractivity (Wildman–Crippen MR) is 54.9 cm³/mol. The lowest BCUT2D eigenvalue weighted by Crippen LogP contribution is -2.09. The summed E-state index contributed by atoms with van der Waals surface area (Å²) in [4.78, 5) is 1.97. The van der Waals surface area contributed by atoms with Crippen LogP contribution in [0.2, 0.25) is 5.02 Å². The van der Waals surface area contributed by atoms with Crippen LogP contribution in [0.3, 0.4) is 0 Å². The van der Waals surface area contributed by atoms with E-state index in [1.165, 1.54) is 0 Å². The summed E-state index contributed by atoms with van der Waals surface area (Å²) in [5.74, 6) is 0. The normalized spacial score (nSPS) is 10.0. The van der Waals surface area contributed by atoms with E-state index in [2.05, 4.69) is 0 Å². The molecule has 12 heavy (non-hydrogen) atoms. The highest BCUT2D eigenvalue weighted by atomic mass is 35.5. The van der Waals surface area contributed by atoms with Crippen molar-refractivity contribution in [3.05, 3.63) is 22.7 Å². The van der Waals surface area contributed by atoms with Crippen LogP contribution in [0.25, 0.3) is 0 Å². The molecule has 0 aromatic heterocycles. The number of nitrogens with two attached hydrogens (primary N) is 1. The van der Waals surface area contributed by atoms with Gasteiger partial charge in [-0.3, -0.25) is 0 Å². The van der Waals surface area contributed by atoms with Crippen molar-refractivity contribution in [3.8, 4) is 0 Å². The first kappa shape index (κ1) is 9.20. The van der Waals surface area contributed by atoms with Gasteiger partial charge in [-0.25, -0.2) is 0 Å². The Morgan fingerprint density at radius 3 is 2.42 bits per heavy atom. The van der Waals surface area contributed by atoms with Gasteiger partial charge < -0.3 is 10.6 Å². The first-order valence-electron chi connectivity index (χ1n) is 3.75. The van der Waals surface area contributed by atoms with Crippen molar-refractivity contribution in [2.75, 3.05) is 24.7 Å². The summed E-state index contributed by atoms with van der Waals surface area (Å²) in [7, 11) is 3.91. The van der Waals surface area contributed by atoms with Crippen molar-refractivity contribution in [1.29, 1.82) is 0 Å². The molecule has 1 rings (SSSR count). The monoisotopic (exact) mass is 184 g/mol. The van der Waals surface area contributed by atoms with Gasteiger partial charge in [0.15, 0.2) is 0 Å². The third-order valence-corrected chi connectivity index (χ3v) is 2.12. The molecule has 1 aromatic carbocycles. The summed E-state index contributed by atoms with van der Waals surface area (Å²) in [6, 6.07) is 3.77. The molecule has 0 atom stereocenters. The van der Waals surface area contributed by atoms with Crippen LogP contribution in [0, 0.1) is 6.92 Å². The van der Waals surface area contributed by atoms with Gasteiger partial charge in [0.25, 0.3) is 0 Å². The van der Waals surface area contributed by atoms with Crippen molar-refractivity contribution < 1.29 is 0 Å². The molecule has 0 aliphatic rings. The Kier molecular flexibility index (Phi) is 2.48. The predicted octanol–water partition coefficient (Wildman–Crippen LogP) is 2.30. The van der Waals surface area contributed by atoms with Crippen LogP contribution in [0.5, 0.6) is 0 Å². The molecule has 66 valence electrons. The highest BCUT2D eigenvalue weighted by molar-refractivity contribution is 6.33. The molecule has 2 N–H and O–H groups in total. The maximum atomic E-state index is 5.97. The molecule has 0 unspecified atom stereocenters. The maximum absolute atomic E-state index is 5.97. The second-order valence-electron chi connectivity index (χ2n) is 3.05. The summed E-state index contributed by atoms with van der Waals surface area (Å²) in [5, 5.41) is 0.697. The van der Waals surface area contributed by atoms with Gasteiger partial charge in [-0.2, -0.15) is 0 Å². The summed E-state index contributed by atoms with van der Waals surface area (Å²) in [6.45, 7) is 1.97. The van der Waals surface area contributed by atoms with Crippen LogP contribution in [0.4, 0.5) is 11.4 Å². The quantitative estimate of drug-likeness (QED) is 0.679. The SMILES string of the molecule is Cc1cc(N(C)C)c(Cl)cc1N. The fourth-order valence-electron chi connectivity index (χ4n) is 1.02. The Labute approximate surface area is 77.9 Å². The number of nitrogens with zero attached hydrogens (tertiary/aromatic N) is 1. The van der Waals surface area contributed by atoms with Crippen LogP contribution < -0.4 is 10.6 Å². The molecule has 3 heteroatoms. The molecule has 0 radical (unpaired) electrons. The summed E-state index contributed by atoms with van der Waals surface area (Å²) in [5.41, 5.74) is 8.49. The Morgan fingerprint density at radius 2 is 1.92 bits per heavy atom. The minimum atomic E-state index is 0.697. The van der Waals surface area contributed by atoms with E-state index >= 15 is 0 Å².